The molecule has 0 unspecified atom stereocenters. The zero-order valence-electron chi connectivity index (χ0n) is 4.74. The summed E-state index contributed by atoms with van der Waals surface area (Å²) in [6.45, 7) is 0. The quantitative estimate of drug-likeness (QED) is 0.256. The molecule has 0 saturated heterocycles. The predicted molar refractivity (Wildman–Crippen MR) is 39.2 cm³/mol. The monoisotopic (exact) mass is 141 g/mol. The zero-order valence-corrected chi connectivity index (χ0v) is 5.56. The Hall–Kier alpha value is -1.03. The molecule has 1 rings (SSSR count). The lowest BCUT2D eigenvalue weighted by Gasteiger charge is -1.88. The molecule has 3 nitrogen and oxygen atoms in total. The molecule has 0 spiro atoms. The van der Waals surface area contributed by atoms with Crippen LogP contribution in [0.5, 0.6) is 0 Å². The number of thiophene rings is 1. The molecule has 0 aliphatic rings. The summed E-state index contributed by atoms with van der Waals surface area (Å²) in [7, 11) is 0. The molecule has 0 saturated carbocycles. The zero-order chi connectivity index (χ0) is 6.69. The van der Waals surface area contributed by atoms with Crippen LogP contribution in [-0.4, -0.2) is 5.84 Å². The third-order valence-electron chi connectivity index (χ3n) is 0.913. The molecular formula is C5H7N3S. The van der Waals surface area contributed by atoms with E-state index in [1.165, 1.54) is 11.3 Å². The molecule has 1 heterocycles. The summed E-state index contributed by atoms with van der Waals surface area (Å²) in [6.07, 6.45) is 0. The minimum absolute atomic E-state index is 0.394. The van der Waals surface area contributed by atoms with E-state index in [0.29, 0.717) is 5.84 Å². The summed E-state index contributed by atoms with van der Waals surface area (Å²) in [4.78, 5) is 0.914. The van der Waals surface area contributed by atoms with Crippen LogP contribution in [0.15, 0.2) is 22.6 Å². The van der Waals surface area contributed by atoms with Gasteiger partial charge in [0.25, 0.3) is 0 Å². The number of nitrogens with zero attached hydrogens (tertiary/aromatic N) is 1. The van der Waals surface area contributed by atoms with Gasteiger partial charge in [-0.25, -0.2) is 0 Å². The van der Waals surface area contributed by atoms with Gasteiger partial charge in [-0.1, -0.05) is 6.07 Å². The maximum atomic E-state index is 5.37. The number of hydrazone groups is 1. The summed E-state index contributed by atoms with van der Waals surface area (Å²) in [6, 6.07) is 3.77. The Labute approximate surface area is 57.0 Å². The van der Waals surface area contributed by atoms with Crippen LogP contribution < -0.4 is 11.6 Å². The normalized spacial score (nSPS) is 11.8. The minimum atomic E-state index is 0.394. The maximum Gasteiger partial charge on any atom is 0.160 e. The summed E-state index contributed by atoms with van der Waals surface area (Å²) in [5.74, 6) is 5.33. The molecule has 4 N–H and O–H groups in total. The second-order valence-corrected chi connectivity index (χ2v) is 2.44. The Bertz CT molecular complexity index is 202. The van der Waals surface area contributed by atoms with Crippen LogP contribution in [0, 0.1) is 0 Å². The number of hydrogen-bond acceptors (Lipinski definition) is 3. The Morgan fingerprint density at radius 3 is 2.89 bits per heavy atom. The molecule has 4 heteroatoms. The van der Waals surface area contributed by atoms with Crippen LogP contribution in [0.4, 0.5) is 0 Å². The van der Waals surface area contributed by atoms with Gasteiger partial charge in [0.15, 0.2) is 5.84 Å². The fourth-order valence-electron chi connectivity index (χ4n) is 0.488. The number of hydrogen-bond donors (Lipinski definition) is 2. The van der Waals surface area contributed by atoms with Gasteiger partial charge >= 0.3 is 0 Å². The van der Waals surface area contributed by atoms with Crippen molar-refractivity contribution in [3.63, 3.8) is 0 Å². The van der Waals surface area contributed by atoms with Gasteiger partial charge < -0.3 is 11.6 Å². The molecule has 1 aromatic heterocycles. The van der Waals surface area contributed by atoms with Gasteiger partial charge in [0.1, 0.15) is 0 Å². The molecule has 0 fully saturated rings. The van der Waals surface area contributed by atoms with Crippen molar-refractivity contribution in [3.05, 3.63) is 22.4 Å². The third kappa shape index (κ3) is 1.20. The third-order valence-corrected chi connectivity index (χ3v) is 1.81. The van der Waals surface area contributed by atoms with Gasteiger partial charge in [-0.3, -0.25) is 0 Å². The van der Waals surface area contributed by atoms with E-state index in [0.717, 1.165) is 4.88 Å². The van der Waals surface area contributed by atoms with Crippen LogP contribution >= 0.6 is 11.3 Å². The fourth-order valence-corrected chi connectivity index (χ4v) is 1.12. The second kappa shape index (κ2) is 2.50. The van der Waals surface area contributed by atoms with Crippen molar-refractivity contribution in [1.82, 2.24) is 0 Å². The van der Waals surface area contributed by atoms with E-state index in [9.17, 15) is 0 Å². The standard InChI is InChI=1S/C5H7N3S/c6-5(8-7)4-2-1-3-9-4/h1-3H,7H2,(H2,6,8). The highest BCUT2D eigenvalue weighted by molar-refractivity contribution is 7.12. The van der Waals surface area contributed by atoms with Crippen molar-refractivity contribution in [3.8, 4) is 0 Å². The van der Waals surface area contributed by atoms with Gasteiger partial charge in [-0.05, 0) is 11.4 Å². The Morgan fingerprint density at radius 2 is 2.44 bits per heavy atom. The lowest BCUT2D eigenvalue weighted by molar-refractivity contribution is 1.23. The van der Waals surface area contributed by atoms with E-state index in [1.807, 2.05) is 17.5 Å². The fraction of sp³-hybridized carbons (Fsp3) is 0. The summed E-state index contributed by atoms with van der Waals surface area (Å²) in [5, 5.41) is 5.26. The topological polar surface area (TPSA) is 64.4 Å². The smallest absolute Gasteiger partial charge is 0.160 e. The number of amidine groups is 1. The average Bonchev–Trinajstić information content (AvgIpc) is 2.37. The first-order valence-corrected chi connectivity index (χ1v) is 3.30. The van der Waals surface area contributed by atoms with Crippen molar-refractivity contribution in [1.29, 1.82) is 0 Å². The molecule has 0 radical (unpaired) electrons. The summed E-state index contributed by atoms with van der Waals surface area (Å²) < 4.78 is 0. The first-order valence-electron chi connectivity index (χ1n) is 2.42. The highest BCUT2D eigenvalue weighted by Crippen LogP contribution is 2.06. The molecular weight excluding hydrogens is 134 g/mol. The van der Waals surface area contributed by atoms with Crippen LogP contribution in [0.25, 0.3) is 0 Å². The van der Waals surface area contributed by atoms with Crippen molar-refractivity contribution in [2.24, 2.45) is 16.7 Å². The van der Waals surface area contributed by atoms with Crippen LogP contribution in [0.1, 0.15) is 4.88 Å². The molecule has 0 bridgehead atoms. The largest absolute Gasteiger partial charge is 0.381 e. The van der Waals surface area contributed by atoms with E-state index >= 15 is 0 Å². The average molecular weight is 141 g/mol. The summed E-state index contributed by atoms with van der Waals surface area (Å²) in [5.41, 5.74) is 5.37. The van der Waals surface area contributed by atoms with Crippen LogP contribution in [0.3, 0.4) is 0 Å². The van der Waals surface area contributed by atoms with Crippen molar-refractivity contribution in [2.75, 3.05) is 0 Å². The Morgan fingerprint density at radius 1 is 1.67 bits per heavy atom. The van der Waals surface area contributed by atoms with Crippen molar-refractivity contribution in [2.45, 2.75) is 0 Å². The lowest BCUT2D eigenvalue weighted by atomic mass is 10.4. The lowest BCUT2D eigenvalue weighted by Crippen LogP contribution is -2.13. The predicted octanol–water partition coefficient (Wildman–Crippen LogP) is 0.327. The number of nitrogens with two attached hydrogens (primary N) is 2. The van der Waals surface area contributed by atoms with Gasteiger partial charge in [0.2, 0.25) is 0 Å². The maximum absolute atomic E-state index is 5.37. The summed E-state index contributed by atoms with van der Waals surface area (Å²) >= 11 is 1.52. The number of rotatable bonds is 1. The van der Waals surface area contributed by atoms with Crippen LogP contribution in [-0.2, 0) is 0 Å². The first-order chi connectivity index (χ1) is 4.34. The van der Waals surface area contributed by atoms with Gasteiger partial charge in [0, 0.05) is 0 Å². The van der Waals surface area contributed by atoms with E-state index < -0.39 is 0 Å². The molecule has 0 aromatic carbocycles. The van der Waals surface area contributed by atoms with E-state index in [-0.39, 0.29) is 0 Å². The molecule has 0 aliphatic heterocycles. The van der Waals surface area contributed by atoms with Crippen molar-refractivity contribution >= 4 is 17.2 Å². The van der Waals surface area contributed by atoms with E-state index in [2.05, 4.69) is 5.10 Å². The molecule has 0 amide bonds. The first kappa shape index (κ1) is 6.10. The SMILES string of the molecule is N/N=C(/N)c1cccs1. The Balaban J connectivity index is 2.90. The molecule has 9 heavy (non-hydrogen) atoms. The second-order valence-electron chi connectivity index (χ2n) is 1.49. The molecule has 0 atom stereocenters. The molecule has 1 aromatic rings. The van der Waals surface area contributed by atoms with Crippen LogP contribution in [0.2, 0.25) is 0 Å². The van der Waals surface area contributed by atoms with E-state index in [4.69, 9.17) is 11.6 Å². The van der Waals surface area contributed by atoms with Gasteiger partial charge in [-0.2, -0.15) is 5.10 Å². The van der Waals surface area contributed by atoms with Gasteiger partial charge in [-0.15, -0.1) is 11.3 Å². The van der Waals surface area contributed by atoms with Crippen molar-refractivity contribution < 1.29 is 0 Å². The minimum Gasteiger partial charge on any atom is -0.381 e. The highest BCUT2D eigenvalue weighted by Gasteiger charge is 1.95. The Kier molecular flexibility index (Phi) is 1.69. The molecule has 0 aliphatic carbocycles. The molecule has 48 valence electrons. The highest BCUT2D eigenvalue weighted by atomic mass is 32.1. The van der Waals surface area contributed by atoms with Gasteiger partial charge in [0.05, 0.1) is 4.88 Å². The van der Waals surface area contributed by atoms with E-state index in [1.54, 1.807) is 0 Å².